The lowest BCUT2D eigenvalue weighted by molar-refractivity contribution is -0.137. The van der Waals surface area contributed by atoms with Gasteiger partial charge in [-0.25, -0.2) is 0 Å². The van der Waals surface area contributed by atoms with E-state index < -0.39 is 11.7 Å². The molecule has 1 fully saturated rings. The van der Waals surface area contributed by atoms with E-state index in [1.807, 2.05) is 4.90 Å². The molecule has 0 unspecified atom stereocenters. The first kappa shape index (κ1) is 23.3. The molecule has 1 saturated carbocycles. The molecule has 5 nitrogen and oxygen atoms in total. The summed E-state index contributed by atoms with van der Waals surface area (Å²) >= 11 is 6.27. The Morgan fingerprint density at radius 1 is 1.06 bits per heavy atom. The lowest BCUT2D eigenvalue weighted by Crippen LogP contribution is -2.42. The molecule has 1 heterocycles. The normalized spacial score (nSPS) is 14.9. The van der Waals surface area contributed by atoms with Gasteiger partial charge in [-0.05, 0) is 37.1 Å². The molecule has 0 atom stereocenters. The van der Waals surface area contributed by atoms with Crippen molar-refractivity contribution in [2.75, 3.05) is 6.54 Å². The van der Waals surface area contributed by atoms with E-state index in [0.717, 1.165) is 44.2 Å². The third-order valence-corrected chi connectivity index (χ3v) is 6.22. The molecule has 9 heteroatoms. The standard InChI is InChI=1S/C24H23ClF3N3O2/c25-20-9-5-4-8-19(20)23(32)31(18-6-2-1-3-7-18)15-14-21-29-22(30-33-21)16-10-12-17(13-11-16)24(26,27)28/h4-5,8-13,18H,1-3,6-7,14-15H2. The molecule has 1 aliphatic carbocycles. The van der Waals surface area contributed by atoms with E-state index in [2.05, 4.69) is 10.1 Å². The van der Waals surface area contributed by atoms with Gasteiger partial charge in [0.1, 0.15) is 0 Å². The Bertz CT molecular complexity index is 1090. The predicted octanol–water partition coefficient (Wildman–Crippen LogP) is 6.43. The number of rotatable bonds is 6. The molecule has 0 N–H and O–H groups in total. The highest BCUT2D eigenvalue weighted by atomic mass is 35.5. The molecule has 4 rings (SSSR count). The lowest BCUT2D eigenvalue weighted by Gasteiger charge is -2.34. The number of benzene rings is 2. The third-order valence-electron chi connectivity index (χ3n) is 5.89. The molecule has 0 bridgehead atoms. The van der Waals surface area contributed by atoms with Gasteiger partial charge >= 0.3 is 6.18 Å². The van der Waals surface area contributed by atoms with Gasteiger partial charge in [-0.2, -0.15) is 18.2 Å². The van der Waals surface area contributed by atoms with Gasteiger partial charge < -0.3 is 9.42 Å². The molecule has 1 amide bonds. The second-order valence-electron chi connectivity index (χ2n) is 8.11. The number of amides is 1. The quantitative estimate of drug-likeness (QED) is 0.410. The van der Waals surface area contributed by atoms with Crippen molar-refractivity contribution in [2.24, 2.45) is 0 Å². The zero-order valence-electron chi connectivity index (χ0n) is 17.8. The van der Waals surface area contributed by atoms with E-state index in [9.17, 15) is 18.0 Å². The third kappa shape index (κ3) is 5.55. The summed E-state index contributed by atoms with van der Waals surface area (Å²) in [6, 6.07) is 11.7. The van der Waals surface area contributed by atoms with Gasteiger partial charge in [0.2, 0.25) is 11.7 Å². The van der Waals surface area contributed by atoms with Crippen LogP contribution in [0.15, 0.2) is 53.1 Å². The summed E-state index contributed by atoms with van der Waals surface area (Å²) in [6.07, 6.45) is 1.07. The Balaban J connectivity index is 1.48. The largest absolute Gasteiger partial charge is 0.416 e. The Morgan fingerprint density at radius 2 is 1.76 bits per heavy atom. The number of carbonyl (C=O) groups is 1. The molecule has 2 aromatic carbocycles. The molecule has 0 radical (unpaired) electrons. The van der Waals surface area contributed by atoms with Crippen LogP contribution in [-0.2, 0) is 12.6 Å². The predicted molar refractivity (Wildman–Crippen MR) is 118 cm³/mol. The molecule has 0 saturated heterocycles. The van der Waals surface area contributed by atoms with Gasteiger partial charge in [0.15, 0.2) is 0 Å². The first-order chi connectivity index (χ1) is 15.8. The number of hydrogen-bond acceptors (Lipinski definition) is 4. The van der Waals surface area contributed by atoms with E-state index >= 15 is 0 Å². The van der Waals surface area contributed by atoms with Gasteiger partial charge in [-0.1, -0.05) is 60.3 Å². The van der Waals surface area contributed by atoms with Crippen LogP contribution in [0.4, 0.5) is 13.2 Å². The number of halogens is 4. The van der Waals surface area contributed by atoms with Crippen molar-refractivity contribution < 1.29 is 22.5 Å². The van der Waals surface area contributed by atoms with Crippen LogP contribution in [0.1, 0.15) is 53.9 Å². The van der Waals surface area contributed by atoms with E-state index in [1.54, 1.807) is 24.3 Å². The molecular formula is C24H23ClF3N3O2. The van der Waals surface area contributed by atoms with Crippen LogP contribution in [-0.4, -0.2) is 33.5 Å². The fourth-order valence-electron chi connectivity index (χ4n) is 4.13. The number of alkyl halides is 3. The van der Waals surface area contributed by atoms with E-state index in [0.29, 0.717) is 35.0 Å². The van der Waals surface area contributed by atoms with Gasteiger partial charge in [0.05, 0.1) is 16.1 Å². The van der Waals surface area contributed by atoms with Crippen molar-refractivity contribution in [3.05, 3.63) is 70.6 Å². The summed E-state index contributed by atoms with van der Waals surface area (Å²) in [5.41, 5.74) is 0.145. The van der Waals surface area contributed by atoms with E-state index in [1.165, 1.54) is 12.1 Å². The maximum atomic E-state index is 13.3. The number of hydrogen-bond donors (Lipinski definition) is 0. The Kier molecular flexibility index (Phi) is 7.02. The second-order valence-corrected chi connectivity index (χ2v) is 8.51. The summed E-state index contributed by atoms with van der Waals surface area (Å²) in [6.45, 7) is 0.378. The average Bonchev–Trinajstić information content (AvgIpc) is 3.29. The molecule has 174 valence electrons. The summed E-state index contributed by atoms with van der Waals surface area (Å²) < 4.78 is 43.7. The van der Waals surface area contributed by atoms with Crippen LogP contribution in [0.5, 0.6) is 0 Å². The molecular weight excluding hydrogens is 455 g/mol. The second kappa shape index (κ2) is 9.95. The van der Waals surface area contributed by atoms with Crippen LogP contribution in [0.2, 0.25) is 5.02 Å². The number of nitrogens with zero attached hydrogens (tertiary/aromatic N) is 3. The number of aromatic nitrogens is 2. The average molecular weight is 478 g/mol. The highest BCUT2D eigenvalue weighted by Gasteiger charge is 2.30. The van der Waals surface area contributed by atoms with E-state index in [4.69, 9.17) is 16.1 Å². The Hall–Kier alpha value is -2.87. The summed E-state index contributed by atoms with van der Waals surface area (Å²) in [5, 5.41) is 4.30. The highest BCUT2D eigenvalue weighted by Crippen LogP contribution is 2.31. The zero-order chi connectivity index (χ0) is 23.4. The van der Waals surface area contributed by atoms with Crippen molar-refractivity contribution in [3.63, 3.8) is 0 Å². The van der Waals surface area contributed by atoms with E-state index in [-0.39, 0.29) is 17.8 Å². The molecule has 1 aromatic heterocycles. The van der Waals surface area contributed by atoms with Gasteiger partial charge in [-0.15, -0.1) is 0 Å². The van der Waals surface area contributed by atoms with Crippen molar-refractivity contribution in [1.82, 2.24) is 15.0 Å². The van der Waals surface area contributed by atoms with Crippen molar-refractivity contribution in [1.29, 1.82) is 0 Å². The van der Waals surface area contributed by atoms with Crippen molar-refractivity contribution >= 4 is 17.5 Å². The van der Waals surface area contributed by atoms with Crippen LogP contribution in [0.3, 0.4) is 0 Å². The van der Waals surface area contributed by atoms with Crippen LogP contribution in [0.25, 0.3) is 11.4 Å². The van der Waals surface area contributed by atoms with Crippen LogP contribution in [0, 0.1) is 0 Å². The summed E-state index contributed by atoms with van der Waals surface area (Å²) in [7, 11) is 0. The maximum Gasteiger partial charge on any atom is 0.416 e. The van der Waals surface area contributed by atoms with Crippen LogP contribution < -0.4 is 0 Å². The number of carbonyl (C=O) groups excluding carboxylic acids is 1. The molecule has 0 spiro atoms. The molecule has 1 aliphatic rings. The molecule has 0 aliphatic heterocycles. The van der Waals surface area contributed by atoms with Gasteiger partial charge in [-0.3, -0.25) is 4.79 Å². The zero-order valence-corrected chi connectivity index (χ0v) is 18.6. The molecule has 33 heavy (non-hydrogen) atoms. The minimum atomic E-state index is -4.41. The van der Waals surface area contributed by atoms with Gasteiger partial charge in [0.25, 0.3) is 5.91 Å². The smallest absolute Gasteiger partial charge is 0.339 e. The summed E-state index contributed by atoms with van der Waals surface area (Å²) in [4.78, 5) is 19.5. The topological polar surface area (TPSA) is 59.2 Å². The summed E-state index contributed by atoms with van der Waals surface area (Å²) in [5.74, 6) is 0.396. The monoisotopic (exact) mass is 477 g/mol. The highest BCUT2D eigenvalue weighted by molar-refractivity contribution is 6.33. The SMILES string of the molecule is O=C(c1ccccc1Cl)N(CCc1nc(-c2ccc(C(F)(F)F)cc2)no1)C1CCCCC1. The fraction of sp³-hybridized carbons (Fsp3) is 0.375. The maximum absolute atomic E-state index is 13.3. The first-order valence-corrected chi connectivity index (χ1v) is 11.3. The molecule has 3 aromatic rings. The first-order valence-electron chi connectivity index (χ1n) is 10.9. The van der Waals surface area contributed by atoms with Crippen molar-refractivity contribution in [3.8, 4) is 11.4 Å². The van der Waals surface area contributed by atoms with Crippen LogP contribution >= 0.6 is 11.6 Å². The Morgan fingerprint density at radius 3 is 2.42 bits per heavy atom. The minimum absolute atomic E-state index is 0.111. The lowest BCUT2D eigenvalue weighted by atomic mass is 9.93. The Labute approximate surface area is 194 Å². The fourth-order valence-corrected chi connectivity index (χ4v) is 4.35. The van der Waals surface area contributed by atoms with Crippen molar-refractivity contribution in [2.45, 2.75) is 50.7 Å². The minimum Gasteiger partial charge on any atom is -0.339 e. The van der Waals surface area contributed by atoms with Gasteiger partial charge in [0, 0.05) is 24.6 Å².